The van der Waals surface area contributed by atoms with E-state index in [0.717, 1.165) is 94.8 Å². The van der Waals surface area contributed by atoms with E-state index >= 15 is 0 Å². The summed E-state index contributed by atoms with van der Waals surface area (Å²) in [6, 6.07) is 66.1. The molecular formula is C64H48N4O. The van der Waals surface area contributed by atoms with Crippen LogP contribution in [0, 0.1) is 0 Å². The van der Waals surface area contributed by atoms with Gasteiger partial charge >= 0.3 is 0 Å². The maximum atomic E-state index is 8.87. The molecule has 5 heteroatoms. The Morgan fingerprint density at radius 2 is 1.17 bits per heavy atom. The molecule has 0 saturated heterocycles. The number of ether oxygens (including phenoxy) is 1. The maximum absolute atomic E-state index is 8.87. The molecule has 69 heavy (non-hydrogen) atoms. The van der Waals surface area contributed by atoms with Crippen LogP contribution in [0.15, 0.2) is 224 Å². The van der Waals surface area contributed by atoms with Gasteiger partial charge in [-0.25, -0.2) is 4.98 Å². The van der Waals surface area contributed by atoms with Gasteiger partial charge < -0.3 is 14.5 Å². The first kappa shape index (κ1) is 35.5. The highest BCUT2D eigenvalue weighted by atomic mass is 16.5. The fourth-order valence-electron chi connectivity index (χ4n) is 10.3. The number of benzene rings is 9. The zero-order chi connectivity index (χ0) is 50.6. The molecule has 0 atom stereocenters. The van der Waals surface area contributed by atoms with E-state index in [1.807, 2.05) is 48.5 Å². The van der Waals surface area contributed by atoms with Crippen molar-refractivity contribution in [2.75, 3.05) is 16.5 Å². The summed E-state index contributed by atoms with van der Waals surface area (Å²) in [7, 11) is 0. The van der Waals surface area contributed by atoms with Gasteiger partial charge in [0.15, 0.2) is 0 Å². The van der Waals surface area contributed by atoms with Crippen LogP contribution in [0.2, 0.25) is 0 Å². The number of hydrogen-bond donors (Lipinski definition) is 0. The zero-order valence-corrected chi connectivity index (χ0v) is 38.4. The van der Waals surface area contributed by atoms with Gasteiger partial charge in [-0.15, -0.1) is 0 Å². The van der Waals surface area contributed by atoms with Crippen molar-refractivity contribution in [1.29, 1.82) is 0 Å². The van der Waals surface area contributed by atoms with Gasteiger partial charge in [-0.3, -0.25) is 4.57 Å². The van der Waals surface area contributed by atoms with E-state index < -0.39 is 6.04 Å². The van der Waals surface area contributed by atoms with Crippen molar-refractivity contribution in [2.45, 2.75) is 26.2 Å². The predicted molar refractivity (Wildman–Crippen MR) is 287 cm³/mol. The molecule has 10 bridgehead atoms. The van der Waals surface area contributed by atoms with Crippen LogP contribution in [0.1, 0.15) is 33.2 Å². The SMILES string of the molecule is [2H]c1c([2H])c([2H])c(-c2ccc3c(c2)c2ccc4cc2n3-c2cc(C(C)(C)C)cc(n2)-c2cccc(c2)-c2ccccc2-c2cccc(-c3ccccc3)c2N2CN(c3cccc(c3)O4)c3ccccc32)c([2H])c1[2H]. The topological polar surface area (TPSA) is 33.5 Å². The molecule has 0 unspecified atom stereocenters. The lowest BCUT2D eigenvalue weighted by Crippen LogP contribution is -2.25. The number of hydrogen-bond acceptors (Lipinski definition) is 4. The van der Waals surface area contributed by atoms with Gasteiger partial charge in [0.05, 0.1) is 40.6 Å². The lowest BCUT2D eigenvalue weighted by Gasteiger charge is -2.28. The van der Waals surface area contributed by atoms with E-state index in [2.05, 4.69) is 181 Å². The molecule has 330 valence electrons. The second-order valence-corrected chi connectivity index (χ2v) is 18.9. The van der Waals surface area contributed by atoms with Crippen molar-refractivity contribution >= 4 is 44.6 Å². The minimum atomic E-state index is -0.423. The fraction of sp³-hybridized carbons (Fsp3) is 0.0781. The minimum absolute atomic E-state index is 0.152. The number of rotatable bonds is 2. The van der Waals surface area contributed by atoms with Crippen molar-refractivity contribution in [2.24, 2.45) is 0 Å². The summed E-state index contributed by atoms with van der Waals surface area (Å²) >= 11 is 0. The van der Waals surface area contributed by atoms with Crippen molar-refractivity contribution < 1.29 is 11.6 Å². The third kappa shape index (κ3) is 6.96. The van der Waals surface area contributed by atoms with Crippen LogP contribution < -0.4 is 14.5 Å². The van der Waals surface area contributed by atoms with Crippen LogP contribution in [0.4, 0.5) is 22.7 Å². The van der Waals surface area contributed by atoms with Crippen LogP contribution in [0.3, 0.4) is 0 Å². The molecule has 4 heterocycles. The first-order valence-electron chi connectivity index (χ1n) is 25.9. The Morgan fingerprint density at radius 3 is 2.01 bits per heavy atom. The fourth-order valence-corrected chi connectivity index (χ4v) is 10.3. The number of anilines is 4. The van der Waals surface area contributed by atoms with Crippen molar-refractivity contribution in [3.05, 3.63) is 230 Å². The number of aromatic nitrogens is 2. The Kier molecular flexibility index (Phi) is 8.23. The molecule has 9 aromatic carbocycles. The molecule has 5 nitrogen and oxygen atoms in total. The summed E-state index contributed by atoms with van der Waals surface area (Å²) in [5, 5.41) is 1.73. The summed E-state index contributed by atoms with van der Waals surface area (Å²) < 4.78 is 52.0. The smallest absolute Gasteiger partial charge is 0.138 e. The summed E-state index contributed by atoms with van der Waals surface area (Å²) in [6.07, 6.45) is 0. The van der Waals surface area contributed by atoms with Crippen molar-refractivity contribution in [3.63, 3.8) is 0 Å². The monoisotopic (exact) mass is 893 g/mol. The van der Waals surface area contributed by atoms with Crippen LogP contribution in [-0.4, -0.2) is 16.2 Å². The second kappa shape index (κ2) is 16.0. The highest BCUT2D eigenvalue weighted by Crippen LogP contribution is 2.52. The number of para-hydroxylation sites is 3. The average molecular weight is 894 g/mol. The number of nitrogens with zero attached hydrogens (tertiary/aromatic N) is 4. The van der Waals surface area contributed by atoms with Crippen LogP contribution in [-0.2, 0) is 5.41 Å². The van der Waals surface area contributed by atoms with E-state index in [-0.39, 0.29) is 35.1 Å². The summed E-state index contributed by atoms with van der Waals surface area (Å²) in [5.74, 6) is 2.00. The van der Waals surface area contributed by atoms with Crippen LogP contribution in [0.25, 0.3) is 83.4 Å². The molecule has 0 amide bonds. The first-order valence-corrected chi connectivity index (χ1v) is 23.4. The van der Waals surface area contributed by atoms with Crippen LogP contribution in [0.5, 0.6) is 11.5 Å². The highest BCUT2D eigenvalue weighted by Gasteiger charge is 2.32. The van der Waals surface area contributed by atoms with Gasteiger partial charge in [0.1, 0.15) is 24.0 Å². The van der Waals surface area contributed by atoms with Crippen molar-refractivity contribution in [3.8, 4) is 73.1 Å². The molecule has 2 aromatic heterocycles. The van der Waals surface area contributed by atoms with E-state index in [0.29, 0.717) is 29.5 Å². The first-order chi connectivity index (χ1) is 35.9. The molecule has 13 rings (SSSR count). The van der Waals surface area contributed by atoms with Gasteiger partial charge in [-0.2, -0.15) is 0 Å². The van der Waals surface area contributed by atoms with E-state index in [9.17, 15) is 0 Å². The van der Waals surface area contributed by atoms with Crippen molar-refractivity contribution in [1.82, 2.24) is 9.55 Å². The quantitative estimate of drug-likeness (QED) is 0.173. The lowest BCUT2D eigenvalue weighted by molar-refractivity contribution is 0.483. The summed E-state index contributed by atoms with van der Waals surface area (Å²) in [5.41, 5.74) is 15.9. The third-order valence-corrected chi connectivity index (χ3v) is 13.6. The third-order valence-electron chi connectivity index (χ3n) is 13.6. The molecule has 0 saturated carbocycles. The molecule has 2 aliphatic heterocycles. The molecule has 0 aliphatic carbocycles. The second-order valence-electron chi connectivity index (χ2n) is 18.9. The van der Waals surface area contributed by atoms with Gasteiger partial charge in [0.25, 0.3) is 0 Å². The molecule has 0 fully saturated rings. The van der Waals surface area contributed by atoms with Gasteiger partial charge in [0, 0.05) is 45.3 Å². The molecule has 0 radical (unpaired) electrons. The minimum Gasteiger partial charge on any atom is -0.457 e. The normalized spacial score (nSPS) is 13.9. The van der Waals surface area contributed by atoms with Crippen LogP contribution >= 0.6 is 0 Å². The standard InChI is InChI=1S/C64H48N4O/c1-64(2,3)47-37-57-46-22-14-21-45(35-46)51-25-10-11-26-53(51)55-28-16-27-52(43-19-8-5-9-20-43)63(55)67-41-66(59-29-12-13-30-60(59)67)48-23-15-24-49(39-48)69-50-32-33-54-56-36-44(42-17-6-4-7-18-42)31-34-58(56)68(61(54)40-50)62(38-47)65-57/h4-40H,41H2,1-3H3/i4D,6D,7D,17D,18D. The Hall–Kier alpha value is -8.67. The lowest BCUT2D eigenvalue weighted by atomic mass is 9.86. The largest absolute Gasteiger partial charge is 0.457 e. The molecule has 2 aliphatic rings. The summed E-state index contributed by atoms with van der Waals surface area (Å²) in [4.78, 5) is 10.4. The van der Waals surface area contributed by atoms with Gasteiger partial charge in [-0.1, -0.05) is 166 Å². The number of fused-ring (bicyclic) bond motifs is 23. The molecule has 0 spiro atoms. The Balaban J connectivity index is 1.09. The van der Waals surface area contributed by atoms with E-state index in [1.165, 1.54) is 0 Å². The zero-order valence-electron chi connectivity index (χ0n) is 43.4. The molecule has 0 N–H and O–H groups in total. The van der Waals surface area contributed by atoms with E-state index in [1.54, 1.807) is 0 Å². The Bertz CT molecular complexity index is 4080. The van der Waals surface area contributed by atoms with Gasteiger partial charge in [0.2, 0.25) is 0 Å². The maximum Gasteiger partial charge on any atom is 0.138 e. The van der Waals surface area contributed by atoms with E-state index in [4.69, 9.17) is 16.6 Å². The number of pyridine rings is 1. The average Bonchev–Trinajstić information content (AvgIpc) is 3.98. The Labute approximate surface area is 409 Å². The molecular weight excluding hydrogens is 841 g/mol. The van der Waals surface area contributed by atoms with Gasteiger partial charge in [-0.05, 0) is 111 Å². The predicted octanol–water partition coefficient (Wildman–Crippen LogP) is 17.2. The Morgan fingerprint density at radius 1 is 0.478 bits per heavy atom. The molecule has 11 aromatic rings. The highest BCUT2D eigenvalue weighted by molar-refractivity contribution is 6.11. The summed E-state index contributed by atoms with van der Waals surface area (Å²) in [6.45, 7) is 7.19.